The van der Waals surface area contributed by atoms with Crippen LogP contribution in [0.5, 0.6) is 0 Å². The highest BCUT2D eigenvalue weighted by Gasteiger charge is 2.30. The highest BCUT2D eigenvalue weighted by atomic mass is 19.4. The smallest absolute Gasteiger partial charge is 0.335 e. The van der Waals surface area contributed by atoms with E-state index >= 15 is 0 Å². The van der Waals surface area contributed by atoms with Gasteiger partial charge in [-0.05, 0) is 41.3 Å². The highest BCUT2D eigenvalue weighted by Crippen LogP contribution is 2.30. The summed E-state index contributed by atoms with van der Waals surface area (Å²) >= 11 is 0. The minimum Gasteiger partial charge on any atom is -0.335 e. The number of nitrogens with zero attached hydrogens (tertiary/aromatic N) is 2. The number of hydrogen-bond acceptors (Lipinski definition) is 2. The Morgan fingerprint density at radius 2 is 1.79 bits per heavy atom. The summed E-state index contributed by atoms with van der Waals surface area (Å²) in [4.78, 5) is 14.4. The molecule has 3 nitrogen and oxygen atoms in total. The zero-order chi connectivity index (χ0) is 20.7. The number of benzene rings is 2. The maximum Gasteiger partial charge on any atom is 0.416 e. The molecule has 1 atom stereocenters. The Hall–Kier alpha value is -3.07. The van der Waals surface area contributed by atoms with E-state index in [0.29, 0.717) is 24.2 Å². The van der Waals surface area contributed by atoms with Crippen LogP contribution in [0.4, 0.5) is 13.2 Å². The molecular weight excluding hydrogens is 365 g/mol. The van der Waals surface area contributed by atoms with Crippen LogP contribution in [0.1, 0.15) is 41.5 Å². The number of amides is 1. The predicted molar refractivity (Wildman–Crippen MR) is 101 cm³/mol. The summed E-state index contributed by atoms with van der Waals surface area (Å²) in [6.45, 7) is 6.22. The van der Waals surface area contributed by atoms with Gasteiger partial charge in [0.05, 0.1) is 17.2 Å². The number of carbonyl (C=O) groups excluding carboxylic acids is 1. The van der Waals surface area contributed by atoms with Crippen LogP contribution in [0.15, 0.2) is 61.2 Å². The third-order valence-corrected chi connectivity index (χ3v) is 4.45. The van der Waals surface area contributed by atoms with Crippen LogP contribution in [0.3, 0.4) is 0 Å². The molecule has 0 spiro atoms. The van der Waals surface area contributed by atoms with Gasteiger partial charge in [0.25, 0.3) is 0 Å². The second kappa shape index (κ2) is 9.23. The van der Waals surface area contributed by atoms with Crippen molar-refractivity contribution < 1.29 is 18.0 Å². The topological polar surface area (TPSA) is 44.1 Å². The number of rotatable bonds is 7. The molecule has 0 aliphatic rings. The average Bonchev–Trinajstić information content (AvgIpc) is 2.67. The molecule has 0 bridgehead atoms. The van der Waals surface area contributed by atoms with Crippen molar-refractivity contribution in [1.82, 2.24) is 4.90 Å². The van der Waals surface area contributed by atoms with E-state index in [-0.39, 0.29) is 18.2 Å². The maximum absolute atomic E-state index is 12.7. The molecule has 2 aromatic rings. The Bertz CT molecular complexity index is 849. The van der Waals surface area contributed by atoms with Gasteiger partial charge in [0, 0.05) is 19.5 Å². The first-order valence-corrected chi connectivity index (χ1v) is 8.79. The van der Waals surface area contributed by atoms with Gasteiger partial charge in [-0.1, -0.05) is 37.3 Å². The molecule has 0 saturated carbocycles. The van der Waals surface area contributed by atoms with Crippen LogP contribution in [-0.2, 0) is 17.5 Å². The van der Waals surface area contributed by atoms with Crippen molar-refractivity contribution in [2.24, 2.45) is 0 Å². The Morgan fingerprint density at radius 1 is 1.18 bits per heavy atom. The molecule has 2 aromatic carbocycles. The summed E-state index contributed by atoms with van der Waals surface area (Å²) in [6.07, 6.45) is -2.57. The lowest BCUT2D eigenvalue weighted by molar-refractivity contribution is -0.137. The van der Waals surface area contributed by atoms with Gasteiger partial charge in [0.2, 0.25) is 5.91 Å². The molecule has 0 aliphatic carbocycles. The summed E-state index contributed by atoms with van der Waals surface area (Å²) in [5, 5.41) is 8.86. The largest absolute Gasteiger partial charge is 0.416 e. The number of halogens is 3. The molecule has 0 aliphatic heterocycles. The summed E-state index contributed by atoms with van der Waals surface area (Å²) in [7, 11) is 0. The summed E-state index contributed by atoms with van der Waals surface area (Å²) in [5.41, 5.74) is 1.40. The number of carbonyl (C=O) groups is 1. The van der Waals surface area contributed by atoms with Crippen LogP contribution in [0.2, 0.25) is 0 Å². The fourth-order valence-electron chi connectivity index (χ4n) is 2.82. The van der Waals surface area contributed by atoms with Crippen molar-refractivity contribution in [3.05, 3.63) is 83.4 Å². The molecule has 1 amide bonds. The molecule has 0 aromatic heterocycles. The summed E-state index contributed by atoms with van der Waals surface area (Å²) in [5.74, 6) is -0.334. The van der Waals surface area contributed by atoms with E-state index in [1.165, 1.54) is 12.1 Å². The van der Waals surface area contributed by atoms with Crippen molar-refractivity contribution in [2.45, 2.75) is 32.0 Å². The third-order valence-electron chi connectivity index (χ3n) is 4.45. The SMILES string of the molecule is C=CCN(Cc1ccc(C#N)cc1)C(=O)CC(C)c1ccc(C(F)(F)F)cc1. The minimum absolute atomic E-state index is 0.114. The van der Waals surface area contributed by atoms with Gasteiger partial charge in [0.1, 0.15) is 0 Å². The monoisotopic (exact) mass is 386 g/mol. The van der Waals surface area contributed by atoms with E-state index in [1.807, 2.05) is 13.0 Å². The molecule has 0 saturated heterocycles. The van der Waals surface area contributed by atoms with Crippen LogP contribution in [0, 0.1) is 11.3 Å². The maximum atomic E-state index is 12.7. The van der Waals surface area contributed by atoms with Crippen molar-refractivity contribution in [3.63, 3.8) is 0 Å². The molecule has 0 N–H and O–H groups in total. The van der Waals surface area contributed by atoms with Crippen LogP contribution in [0.25, 0.3) is 0 Å². The molecular formula is C22H21F3N2O. The molecule has 6 heteroatoms. The Labute approximate surface area is 162 Å². The number of alkyl halides is 3. The van der Waals surface area contributed by atoms with Crippen molar-refractivity contribution in [1.29, 1.82) is 5.26 Å². The van der Waals surface area contributed by atoms with Crippen LogP contribution in [-0.4, -0.2) is 17.4 Å². The summed E-state index contributed by atoms with van der Waals surface area (Å²) in [6, 6.07) is 13.9. The Kier molecular flexibility index (Phi) is 7.00. The lowest BCUT2D eigenvalue weighted by Gasteiger charge is -2.23. The lowest BCUT2D eigenvalue weighted by atomic mass is 9.96. The van der Waals surface area contributed by atoms with Gasteiger partial charge in [-0.3, -0.25) is 4.79 Å². The predicted octanol–water partition coefficient (Wildman–Crippen LogP) is 5.29. The molecule has 0 radical (unpaired) electrons. The van der Waals surface area contributed by atoms with Crippen molar-refractivity contribution >= 4 is 5.91 Å². The van der Waals surface area contributed by atoms with E-state index in [9.17, 15) is 18.0 Å². The van der Waals surface area contributed by atoms with Crippen LogP contribution < -0.4 is 0 Å². The van der Waals surface area contributed by atoms with E-state index < -0.39 is 11.7 Å². The van der Waals surface area contributed by atoms with Gasteiger partial charge < -0.3 is 4.90 Å². The molecule has 0 heterocycles. The molecule has 2 rings (SSSR count). The second-order valence-electron chi connectivity index (χ2n) is 6.60. The van der Waals surface area contributed by atoms with Gasteiger partial charge in [-0.25, -0.2) is 0 Å². The summed E-state index contributed by atoms with van der Waals surface area (Å²) < 4.78 is 38.1. The normalized spacial score (nSPS) is 12.1. The van der Waals surface area contributed by atoms with Crippen molar-refractivity contribution in [3.8, 4) is 6.07 Å². The zero-order valence-electron chi connectivity index (χ0n) is 15.5. The third kappa shape index (κ3) is 5.71. The first-order chi connectivity index (χ1) is 13.2. The van der Waals surface area contributed by atoms with Gasteiger partial charge in [-0.15, -0.1) is 6.58 Å². The van der Waals surface area contributed by atoms with E-state index in [0.717, 1.165) is 17.7 Å². The standard InChI is InChI=1S/C22H21F3N2O/c1-3-12-27(15-18-6-4-17(14-26)5-7-18)21(28)13-16(2)19-8-10-20(11-9-19)22(23,24)25/h3-11,16H,1,12-13,15H2,2H3. The van der Waals surface area contributed by atoms with Crippen molar-refractivity contribution in [2.75, 3.05) is 6.54 Å². The first kappa shape index (κ1) is 21.2. The lowest BCUT2D eigenvalue weighted by Crippen LogP contribution is -2.31. The molecule has 0 fully saturated rings. The average molecular weight is 386 g/mol. The fourth-order valence-corrected chi connectivity index (χ4v) is 2.82. The van der Waals surface area contributed by atoms with Gasteiger partial charge in [-0.2, -0.15) is 18.4 Å². The van der Waals surface area contributed by atoms with E-state index in [1.54, 1.807) is 35.2 Å². The quantitative estimate of drug-likeness (QED) is 0.607. The molecule has 146 valence electrons. The van der Waals surface area contributed by atoms with Gasteiger partial charge in [0.15, 0.2) is 0 Å². The van der Waals surface area contributed by atoms with E-state index in [4.69, 9.17) is 5.26 Å². The fraction of sp³-hybridized carbons (Fsp3) is 0.273. The molecule has 1 unspecified atom stereocenters. The van der Waals surface area contributed by atoms with Crippen LogP contribution >= 0.6 is 0 Å². The first-order valence-electron chi connectivity index (χ1n) is 8.79. The Balaban J connectivity index is 2.05. The van der Waals surface area contributed by atoms with E-state index in [2.05, 4.69) is 6.58 Å². The highest BCUT2D eigenvalue weighted by molar-refractivity contribution is 5.77. The van der Waals surface area contributed by atoms with Gasteiger partial charge >= 0.3 is 6.18 Å². The zero-order valence-corrected chi connectivity index (χ0v) is 15.5. The second-order valence-corrected chi connectivity index (χ2v) is 6.60. The minimum atomic E-state index is -4.38. The number of hydrogen-bond donors (Lipinski definition) is 0. The number of nitriles is 1. The molecule has 28 heavy (non-hydrogen) atoms. The Morgan fingerprint density at radius 3 is 2.29 bits per heavy atom.